The van der Waals surface area contributed by atoms with Crippen LogP contribution in [0.25, 0.3) is 15.9 Å². The van der Waals surface area contributed by atoms with Gasteiger partial charge in [-0.25, -0.2) is 9.78 Å². The van der Waals surface area contributed by atoms with E-state index in [0.29, 0.717) is 43.9 Å². The fraction of sp³-hybridized carbons (Fsp3) is 0.130. The zero-order valence-corrected chi connectivity index (χ0v) is 19.8. The summed E-state index contributed by atoms with van der Waals surface area (Å²) >= 11 is 8.79. The molecule has 0 aliphatic carbocycles. The maximum atomic E-state index is 13.2. The lowest BCUT2D eigenvalue weighted by molar-refractivity contribution is -0.113. The average molecular weight is 500 g/mol. The molecule has 0 aliphatic rings. The minimum atomic E-state index is -0.418. The summed E-state index contributed by atoms with van der Waals surface area (Å²) in [4.78, 5) is 42.1. The van der Waals surface area contributed by atoms with Gasteiger partial charge in [-0.2, -0.15) is 0 Å². The van der Waals surface area contributed by atoms with Crippen LogP contribution >= 0.6 is 34.7 Å². The van der Waals surface area contributed by atoms with E-state index in [-0.39, 0.29) is 17.2 Å². The number of carbonyl (C=O) groups excluding carboxylic acids is 2. The van der Waals surface area contributed by atoms with E-state index in [1.807, 2.05) is 0 Å². The standard InChI is InChI=1S/C23H18ClN3O4S2/c1-2-31-22(30)14-7-9-15(10-8-14)25-19(28)13-33-23-26-17-11-12-32-20(17)21(29)27(23)18-6-4-3-5-16(18)24/h3-12H,2,13H2,1H3,(H,25,28). The minimum absolute atomic E-state index is 0.0200. The molecule has 0 radical (unpaired) electrons. The summed E-state index contributed by atoms with van der Waals surface area (Å²) in [6, 6.07) is 15.2. The number of aromatic nitrogens is 2. The lowest BCUT2D eigenvalue weighted by Crippen LogP contribution is -2.22. The Labute approximate surface area is 202 Å². The highest BCUT2D eigenvalue weighted by Crippen LogP contribution is 2.27. The number of hydrogen-bond acceptors (Lipinski definition) is 7. The topological polar surface area (TPSA) is 90.3 Å². The number of para-hydroxylation sites is 1. The van der Waals surface area contributed by atoms with E-state index in [0.717, 1.165) is 11.8 Å². The summed E-state index contributed by atoms with van der Waals surface area (Å²) in [6.45, 7) is 2.03. The third-order valence-corrected chi connectivity index (χ3v) is 6.70. The number of amides is 1. The van der Waals surface area contributed by atoms with E-state index >= 15 is 0 Å². The van der Waals surface area contributed by atoms with Crippen LogP contribution in [0.4, 0.5) is 5.69 Å². The number of carbonyl (C=O) groups is 2. The molecule has 7 nitrogen and oxygen atoms in total. The molecule has 0 atom stereocenters. The van der Waals surface area contributed by atoms with E-state index in [1.54, 1.807) is 66.9 Å². The fourth-order valence-corrected chi connectivity index (χ4v) is 4.85. The molecular formula is C23H18ClN3O4S2. The quantitative estimate of drug-likeness (QED) is 0.218. The molecule has 4 rings (SSSR count). The van der Waals surface area contributed by atoms with Crippen molar-refractivity contribution in [2.45, 2.75) is 12.1 Å². The highest BCUT2D eigenvalue weighted by molar-refractivity contribution is 7.99. The Morgan fingerprint density at radius 1 is 1.15 bits per heavy atom. The van der Waals surface area contributed by atoms with Crippen LogP contribution in [-0.2, 0) is 9.53 Å². The Bertz CT molecular complexity index is 1380. The number of thioether (sulfide) groups is 1. The molecule has 0 fully saturated rings. The Hall–Kier alpha value is -3.14. The Morgan fingerprint density at radius 2 is 1.91 bits per heavy atom. The number of benzene rings is 2. The zero-order valence-electron chi connectivity index (χ0n) is 17.4. The molecule has 1 N–H and O–H groups in total. The smallest absolute Gasteiger partial charge is 0.338 e. The number of nitrogens with zero attached hydrogens (tertiary/aromatic N) is 2. The van der Waals surface area contributed by atoms with E-state index in [4.69, 9.17) is 16.3 Å². The summed E-state index contributed by atoms with van der Waals surface area (Å²) in [7, 11) is 0. The van der Waals surface area contributed by atoms with Crippen molar-refractivity contribution >= 4 is 62.5 Å². The largest absolute Gasteiger partial charge is 0.462 e. The maximum absolute atomic E-state index is 13.2. The van der Waals surface area contributed by atoms with Crippen molar-refractivity contribution in [3.63, 3.8) is 0 Å². The fourth-order valence-electron chi connectivity index (χ4n) is 3.07. The minimum Gasteiger partial charge on any atom is -0.462 e. The molecule has 168 valence electrons. The predicted molar refractivity (Wildman–Crippen MR) is 132 cm³/mol. The monoisotopic (exact) mass is 499 g/mol. The number of halogens is 1. The van der Waals surface area contributed by atoms with Crippen molar-refractivity contribution in [1.82, 2.24) is 9.55 Å². The molecule has 2 aromatic carbocycles. The van der Waals surface area contributed by atoms with Gasteiger partial charge in [-0.15, -0.1) is 11.3 Å². The Balaban J connectivity index is 1.54. The molecule has 0 aliphatic heterocycles. The molecule has 1 amide bonds. The molecule has 4 aromatic rings. The first-order valence-electron chi connectivity index (χ1n) is 9.93. The molecule has 33 heavy (non-hydrogen) atoms. The highest BCUT2D eigenvalue weighted by Gasteiger charge is 2.17. The second-order valence-electron chi connectivity index (χ2n) is 6.76. The molecule has 2 aromatic heterocycles. The number of fused-ring (bicyclic) bond motifs is 1. The van der Waals surface area contributed by atoms with Crippen LogP contribution < -0.4 is 10.9 Å². The van der Waals surface area contributed by atoms with Gasteiger partial charge in [0.1, 0.15) is 4.70 Å². The van der Waals surface area contributed by atoms with Crippen LogP contribution in [0.3, 0.4) is 0 Å². The van der Waals surface area contributed by atoms with Gasteiger partial charge in [0.05, 0.1) is 34.1 Å². The number of rotatable bonds is 7. The summed E-state index contributed by atoms with van der Waals surface area (Å²) in [6.07, 6.45) is 0. The van der Waals surface area contributed by atoms with E-state index in [1.165, 1.54) is 15.9 Å². The third-order valence-electron chi connectivity index (χ3n) is 4.55. The molecule has 2 heterocycles. The normalized spacial score (nSPS) is 10.8. The van der Waals surface area contributed by atoms with Gasteiger partial charge in [-0.1, -0.05) is 35.5 Å². The van der Waals surface area contributed by atoms with Crippen molar-refractivity contribution in [1.29, 1.82) is 0 Å². The van der Waals surface area contributed by atoms with Crippen LogP contribution in [0.1, 0.15) is 17.3 Å². The van der Waals surface area contributed by atoms with Gasteiger partial charge in [0, 0.05) is 5.69 Å². The second kappa shape index (κ2) is 10.2. The van der Waals surface area contributed by atoms with E-state index in [2.05, 4.69) is 10.3 Å². The molecule has 10 heteroatoms. The number of esters is 1. The lowest BCUT2D eigenvalue weighted by Gasteiger charge is -2.13. The predicted octanol–water partition coefficient (Wildman–Crippen LogP) is 5.01. The summed E-state index contributed by atoms with van der Waals surface area (Å²) in [5.41, 5.74) is 1.79. The van der Waals surface area contributed by atoms with Crippen LogP contribution in [0, 0.1) is 0 Å². The summed E-state index contributed by atoms with van der Waals surface area (Å²) in [5.74, 6) is -0.681. The van der Waals surface area contributed by atoms with Crippen LogP contribution in [0.2, 0.25) is 5.02 Å². The molecule has 0 unspecified atom stereocenters. The van der Waals surface area contributed by atoms with Crippen LogP contribution in [0.5, 0.6) is 0 Å². The van der Waals surface area contributed by atoms with Crippen molar-refractivity contribution in [2.75, 3.05) is 17.7 Å². The zero-order chi connectivity index (χ0) is 23.4. The molecule has 0 saturated carbocycles. The number of anilines is 1. The lowest BCUT2D eigenvalue weighted by atomic mass is 10.2. The van der Waals surface area contributed by atoms with Gasteiger partial charge in [-0.05, 0) is 54.8 Å². The maximum Gasteiger partial charge on any atom is 0.338 e. The van der Waals surface area contributed by atoms with Gasteiger partial charge in [-0.3, -0.25) is 14.2 Å². The number of hydrogen-bond donors (Lipinski definition) is 1. The van der Waals surface area contributed by atoms with Gasteiger partial charge in [0.25, 0.3) is 5.56 Å². The summed E-state index contributed by atoms with van der Waals surface area (Å²) < 4.78 is 6.91. The number of ether oxygens (including phenoxy) is 1. The Morgan fingerprint density at radius 3 is 2.64 bits per heavy atom. The van der Waals surface area contributed by atoms with Gasteiger partial charge < -0.3 is 10.1 Å². The van der Waals surface area contributed by atoms with Crippen molar-refractivity contribution < 1.29 is 14.3 Å². The van der Waals surface area contributed by atoms with Gasteiger partial charge >= 0.3 is 5.97 Å². The first-order chi connectivity index (χ1) is 16.0. The molecule has 0 spiro atoms. The first kappa shape index (κ1) is 23.0. The molecular weight excluding hydrogens is 482 g/mol. The first-order valence-corrected chi connectivity index (χ1v) is 12.2. The van der Waals surface area contributed by atoms with Crippen molar-refractivity contribution in [3.8, 4) is 5.69 Å². The number of thiophene rings is 1. The van der Waals surface area contributed by atoms with E-state index < -0.39 is 5.97 Å². The SMILES string of the molecule is CCOC(=O)c1ccc(NC(=O)CSc2nc3ccsc3c(=O)n2-c2ccccc2Cl)cc1. The molecule has 0 bridgehead atoms. The van der Waals surface area contributed by atoms with Crippen LogP contribution in [-0.4, -0.2) is 33.8 Å². The average Bonchev–Trinajstić information content (AvgIpc) is 3.28. The highest BCUT2D eigenvalue weighted by atomic mass is 35.5. The van der Waals surface area contributed by atoms with Gasteiger partial charge in [0.15, 0.2) is 5.16 Å². The second-order valence-corrected chi connectivity index (χ2v) is 9.02. The third kappa shape index (κ3) is 5.11. The number of nitrogens with one attached hydrogen (secondary N) is 1. The van der Waals surface area contributed by atoms with Crippen molar-refractivity contribution in [2.24, 2.45) is 0 Å². The Kier molecular flexibility index (Phi) is 7.12. The van der Waals surface area contributed by atoms with Crippen LogP contribution in [0.15, 0.2) is 69.9 Å². The summed E-state index contributed by atoms with van der Waals surface area (Å²) in [5, 5.41) is 5.35. The van der Waals surface area contributed by atoms with E-state index in [9.17, 15) is 14.4 Å². The molecule has 0 saturated heterocycles. The van der Waals surface area contributed by atoms with Gasteiger partial charge in [0.2, 0.25) is 5.91 Å². The van der Waals surface area contributed by atoms with Crippen molar-refractivity contribution in [3.05, 3.63) is 80.9 Å².